The molecule has 4 rings (SSSR count). The van der Waals surface area contributed by atoms with Crippen molar-refractivity contribution in [3.63, 3.8) is 0 Å². The Hall–Kier alpha value is -3.48. The van der Waals surface area contributed by atoms with Crippen LogP contribution in [0.25, 0.3) is 33.8 Å². The molecule has 6 nitrogen and oxygen atoms in total. The van der Waals surface area contributed by atoms with E-state index in [0.29, 0.717) is 23.3 Å². The third-order valence-corrected chi connectivity index (χ3v) is 3.79. The maximum atomic E-state index is 13.9. The van der Waals surface area contributed by atoms with Crippen molar-refractivity contribution in [1.29, 1.82) is 0 Å². The van der Waals surface area contributed by atoms with Gasteiger partial charge >= 0.3 is 5.63 Å². The monoisotopic (exact) mass is 352 g/mol. The second-order valence-electron chi connectivity index (χ2n) is 5.46. The van der Waals surface area contributed by atoms with Crippen molar-refractivity contribution in [3.05, 3.63) is 64.8 Å². The Balaban J connectivity index is 1.82. The fourth-order valence-corrected chi connectivity index (χ4v) is 2.62. The van der Waals surface area contributed by atoms with Crippen molar-refractivity contribution in [2.24, 2.45) is 0 Å². The van der Waals surface area contributed by atoms with Crippen LogP contribution in [-0.4, -0.2) is 16.7 Å². The quantitative estimate of drug-likeness (QED) is 0.516. The zero-order chi connectivity index (χ0) is 18.1. The zero-order valence-corrected chi connectivity index (χ0v) is 13.7. The molecule has 7 heteroatoms. The van der Waals surface area contributed by atoms with Crippen LogP contribution in [0, 0.1) is 5.82 Å². The van der Waals surface area contributed by atoms with E-state index in [1.807, 2.05) is 6.92 Å². The minimum Gasteiger partial charge on any atom is -0.490 e. The Morgan fingerprint density at radius 3 is 2.77 bits per heavy atom. The number of nitrogens with zero attached hydrogens (tertiary/aromatic N) is 2. The van der Waals surface area contributed by atoms with E-state index in [2.05, 4.69) is 10.1 Å². The summed E-state index contributed by atoms with van der Waals surface area (Å²) in [6, 6.07) is 12.9. The highest BCUT2D eigenvalue weighted by Crippen LogP contribution is 2.28. The Morgan fingerprint density at radius 1 is 1.12 bits per heavy atom. The van der Waals surface area contributed by atoms with Gasteiger partial charge in [-0.2, -0.15) is 4.98 Å². The molecule has 0 saturated carbocycles. The van der Waals surface area contributed by atoms with E-state index in [9.17, 15) is 9.18 Å². The maximum Gasteiger partial charge on any atom is 0.349 e. The summed E-state index contributed by atoms with van der Waals surface area (Å²) < 4.78 is 29.9. The van der Waals surface area contributed by atoms with Crippen molar-refractivity contribution in [2.45, 2.75) is 6.92 Å². The number of aromatic nitrogens is 2. The minimum absolute atomic E-state index is 0.0410. The van der Waals surface area contributed by atoms with E-state index >= 15 is 0 Å². The van der Waals surface area contributed by atoms with E-state index in [1.165, 1.54) is 12.1 Å². The first-order valence-electron chi connectivity index (χ1n) is 7.96. The van der Waals surface area contributed by atoms with Gasteiger partial charge in [-0.25, -0.2) is 9.18 Å². The topological polar surface area (TPSA) is 78.4 Å². The zero-order valence-electron chi connectivity index (χ0n) is 13.7. The fourth-order valence-electron chi connectivity index (χ4n) is 2.62. The summed E-state index contributed by atoms with van der Waals surface area (Å²) in [4.78, 5) is 16.5. The summed E-state index contributed by atoms with van der Waals surface area (Å²) in [5.74, 6) is 0.0133. The van der Waals surface area contributed by atoms with Crippen LogP contribution >= 0.6 is 0 Å². The van der Waals surface area contributed by atoms with E-state index in [1.54, 1.807) is 36.4 Å². The Labute approximate surface area is 146 Å². The van der Waals surface area contributed by atoms with Gasteiger partial charge in [0.1, 0.15) is 11.4 Å². The Kier molecular flexibility index (Phi) is 3.96. The lowest BCUT2D eigenvalue weighted by Gasteiger charge is -2.05. The van der Waals surface area contributed by atoms with Crippen molar-refractivity contribution < 1.29 is 18.1 Å². The molecule has 130 valence electrons. The van der Waals surface area contributed by atoms with Gasteiger partial charge in [-0.15, -0.1) is 0 Å². The lowest BCUT2D eigenvalue weighted by Crippen LogP contribution is -2.04. The highest BCUT2D eigenvalue weighted by Gasteiger charge is 2.18. The van der Waals surface area contributed by atoms with Crippen LogP contribution in [0.2, 0.25) is 0 Å². The molecule has 0 unspecified atom stereocenters. The second kappa shape index (κ2) is 6.44. The van der Waals surface area contributed by atoms with Gasteiger partial charge < -0.3 is 13.7 Å². The Morgan fingerprint density at radius 2 is 1.96 bits per heavy atom. The normalized spacial score (nSPS) is 11.0. The average molecular weight is 352 g/mol. The van der Waals surface area contributed by atoms with Crippen LogP contribution < -0.4 is 10.4 Å². The summed E-state index contributed by atoms with van der Waals surface area (Å²) in [6.07, 6.45) is 0. The predicted octanol–water partition coefficient (Wildman–Crippen LogP) is 4.05. The van der Waals surface area contributed by atoms with E-state index < -0.39 is 11.4 Å². The summed E-state index contributed by atoms with van der Waals surface area (Å²) in [6.45, 7) is 2.29. The molecule has 0 amide bonds. The predicted molar refractivity (Wildman–Crippen MR) is 92.3 cm³/mol. The molecule has 0 aliphatic rings. The molecule has 2 aromatic heterocycles. The van der Waals surface area contributed by atoms with Gasteiger partial charge in [0.15, 0.2) is 11.3 Å². The standard InChI is InChI=1S/C19H13FN2O4/c1-2-24-15-9-5-6-11-10-13(19(23)25-16(11)15)18-21-17(22-26-18)12-7-3-4-8-14(12)20/h3-10H,2H2,1H3. The molecular weight excluding hydrogens is 339 g/mol. The van der Waals surface area contributed by atoms with Crippen molar-refractivity contribution in [1.82, 2.24) is 10.1 Å². The van der Waals surface area contributed by atoms with Crippen LogP contribution in [0.4, 0.5) is 4.39 Å². The first-order valence-corrected chi connectivity index (χ1v) is 7.96. The van der Waals surface area contributed by atoms with Crippen LogP contribution in [-0.2, 0) is 0 Å². The third-order valence-electron chi connectivity index (χ3n) is 3.79. The van der Waals surface area contributed by atoms with Crippen molar-refractivity contribution in [2.75, 3.05) is 6.61 Å². The molecule has 0 atom stereocenters. The molecule has 0 saturated heterocycles. The number of benzene rings is 2. The molecule has 0 bridgehead atoms. The summed E-state index contributed by atoms with van der Waals surface area (Å²) in [5, 5.41) is 4.41. The number of halogens is 1. The van der Waals surface area contributed by atoms with Crippen LogP contribution in [0.15, 0.2) is 62.3 Å². The number of para-hydroxylation sites is 1. The van der Waals surface area contributed by atoms with Gasteiger partial charge in [-0.3, -0.25) is 0 Å². The Bertz CT molecular complexity index is 1150. The summed E-state index contributed by atoms with van der Waals surface area (Å²) in [7, 11) is 0. The number of ether oxygens (including phenoxy) is 1. The van der Waals surface area contributed by atoms with E-state index in [4.69, 9.17) is 13.7 Å². The van der Waals surface area contributed by atoms with Gasteiger partial charge in [0.25, 0.3) is 5.89 Å². The smallest absolute Gasteiger partial charge is 0.349 e. The SMILES string of the molecule is CCOc1cccc2cc(-c3nc(-c4ccccc4F)no3)c(=O)oc12. The lowest BCUT2D eigenvalue weighted by molar-refractivity contribution is 0.337. The number of hydrogen-bond donors (Lipinski definition) is 0. The molecule has 0 N–H and O–H groups in total. The number of fused-ring (bicyclic) bond motifs is 1. The number of rotatable bonds is 4. The average Bonchev–Trinajstić information content (AvgIpc) is 3.12. The minimum atomic E-state index is -0.645. The molecule has 4 aromatic rings. The van der Waals surface area contributed by atoms with Gasteiger partial charge in [-0.1, -0.05) is 29.4 Å². The van der Waals surface area contributed by atoms with Gasteiger partial charge in [-0.05, 0) is 31.2 Å². The van der Waals surface area contributed by atoms with Crippen LogP contribution in [0.3, 0.4) is 0 Å². The molecule has 0 aliphatic heterocycles. The van der Waals surface area contributed by atoms with Crippen LogP contribution in [0.5, 0.6) is 5.75 Å². The van der Waals surface area contributed by atoms with Crippen molar-refractivity contribution in [3.8, 4) is 28.6 Å². The highest BCUT2D eigenvalue weighted by atomic mass is 19.1. The highest BCUT2D eigenvalue weighted by molar-refractivity contribution is 5.85. The summed E-state index contributed by atoms with van der Waals surface area (Å²) in [5.41, 5.74) is -0.0159. The van der Waals surface area contributed by atoms with Gasteiger partial charge in [0, 0.05) is 5.39 Å². The molecule has 0 aliphatic carbocycles. The first-order chi connectivity index (χ1) is 12.7. The lowest BCUT2D eigenvalue weighted by atomic mass is 10.1. The van der Waals surface area contributed by atoms with E-state index in [0.717, 1.165) is 0 Å². The van der Waals surface area contributed by atoms with Gasteiger partial charge in [0.2, 0.25) is 5.82 Å². The fraction of sp³-hybridized carbons (Fsp3) is 0.105. The number of hydrogen-bond acceptors (Lipinski definition) is 6. The molecule has 2 aromatic carbocycles. The molecule has 2 heterocycles. The molecule has 0 radical (unpaired) electrons. The molecule has 0 fully saturated rings. The van der Waals surface area contributed by atoms with Gasteiger partial charge in [0.05, 0.1) is 12.2 Å². The molecular formula is C19H13FN2O4. The second-order valence-corrected chi connectivity index (χ2v) is 5.46. The molecule has 26 heavy (non-hydrogen) atoms. The van der Waals surface area contributed by atoms with Crippen molar-refractivity contribution >= 4 is 11.0 Å². The van der Waals surface area contributed by atoms with Crippen LogP contribution in [0.1, 0.15) is 6.92 Å². The largest absolute Gasteiger partial charge is 0.490 e. The van der Waals surface area contributed by atoms with E-state index in [-0.39, 0.29) is 22.8 Å². The maximum absolute atomic E-state index is 13.9. The first kappa shape index (κ1) is 16.0. The third kappa shape index (κ3) is 2.73. The molecule has 0 spiro atoms. The summed E-state index contributed by atoms with van der Waals surface area (Å²) >= 11 is 0.